The molecule has 2 N–H and O–H groups in total. The van der Waals surface area contributed by atoms with Crippen LogP contribution in [0.2, 0.25) is 0 Å². The summed E-state index contributed by atoms with van der Waals surface area (Å²) in [7, 11) is 0. The third kappa shape index (κ3) is 3.61. The van der Waals surface area contributed by atoms with Gasteiger partial charge < -0.3 is 15.0 Å². The Bertz CT molecular complexity index is 964. The van der Waals surface area contributed by atoms with Crippen LogP contribution in [0.1, 0.15) is 39.0 Å². The van der Waals surface area contributed by atoms with Crippen LogP contribution in [0.5, 0.6) is 11.6 Å². The molecule has 0 saturated heterocycles. The van der Waals surface area contributed by atoms with E-state index in [1.165, 1.54) is 19.3 Å². The molecule has 0 aliphatic heterocycles. The fraction of sp³-hybridized carbons (Fsp3) is 0.158. The van der Waals surface area contributed by atoms with E-state index in [2.05, 4.69) is 20.3 Å². The van der Waals surface area contributed by atoms with Crippen molar-refractivity contribution in [1.82, 2.24) is 15.0 Å². The maximum atomic E-state index is 12.6. The Morgan fingerprint density at radius 2 is 2.00 bits per heavy atom. The van der Waals surface area contributed by atoms with Crippen LogP contribution in [0.3, 0.4) is 0 Å². The molecule has 2 heterocycles. The summed E-state index contributed by atoms with van der Waals surface area (Å²) < 4.78 is 5.61. The van der Waals surface area contributed by atoms with Crippen molar-refractivity contribution in [1.29, 1.82) is 0 Å². The van der Waals surface area contributed by atoms with Gasteiger partial charge in [-0.25, -0.2) is 4.98 Å². The number of H-pyrrole nitrogens is 1. The van der Waals surface area contributed by atoms with Crippen molar-refractivity contribution >= 4 is 17.4 Å². The second kappa shape index (κ2) is 7.18. The van der Waals surface area contributed by atoms with Gasteiger partial charge in [-0.2, -0.15) is 0 Å². The summed E-state index contributed by atoms with van der Waals surface area (Å²) in [6, 6.07) is 6.94. The van der Waals surface area contributed by atoms with Crippen LogP contribution in [0.4, 0.5) is 5.69 Å². The molecule has 0 atom stereocenters. The Labute approximate surface area is 150 Å². The Kier molecular flexibility index (Phi) is 4.79. The van der Waals surface area contributed by atoms with E-state index in [0.29, 0.717) is 39.8 Å². The molecule has 0 saturated carbocycles. The summed E-state index contributed by atoms with van der Waals surface area (Å²) in [4.78, 5) is 35.3. The highest BCUT2D eigenvalue weighted by atomic mass is 16.5. The SMILES string of the molecule is CC(=O)c1c(C)[nH]c(C(=O)Nc2cccc(Oc3cnccn3)c2)c1C. The average molecular weight is 350 g/mol. The zero-order chi connectivity index (χ0) is 18.7. The summed E-state index contributed by atoms with van der Waals surface area (Å²) in [5.41, 5.74) is 2.80. The lowest BCUT2D eigenvalue weighted by molar-refractivity contribution is 0.101. The molecule has 7 heteroatoms. The molecule has 7 nitrogen and oxygen atoms in total. The molecule has 132 valence electrons. The summed E-state index contributed by atoms with van der Waals surface area (Å²) in [5, 5.41) is 2.81. The molecule has 3 rings (SSSR count). The van der Waals surface area contributed by atoms with Crippen LogP contribution in [-0.2, 0) is 0 Å². The molecule has 1 amide bonds. The molecule has 0 spiro atoms. The van der Waals surface area contributed by atoms with Gasteiger partial charge in [0.05, 0.1) is 6.20 Å². The Morgan fingerprint density at radius 1 is 1.19 bits per heavy atom. The highest BCUT2D eigenvalue weighted by Gasteiger charge is 2.19. The van der Waals surface area contributed by atoms with Gasteiger partial charge in [0.25, 0.3) is 5.91 Å². The first-order valence-corrected chi connectivity index (χ1v) is 8.01. The van der Waals surface area contributed by atoms with Crippen molar-refractivity contribution in [3.05, 3.63) is 65.4 Å². The number of anilines is 1. The molecule has 0 bridgehead atoms. The molecular formula is C19H18N4O3. The Hall–Kier alpha value is -3.48. The molecule has 0 radical (unpaired) electrons. The van der Waals surface area contributed by atoms with Crippen LogP contribution in [0, 0.1) is 13.8 Å². The lowest BCUT2D eigenvalue weighted by Crippen LogP contribution is -2.14. The van der Waals surface area contributed by atoms with Crippen LogP contribution < -0.4 is 10.1 Å². The topological polar surface area (TPSA) is 97.0 Å². The smallest absolute Gasteiger partial charge is 0.272 e. The molecule has 26 heavy (non-hydrogen) atoms. The van der Waals surface area contributed by atoms with E-state index >= 15 is 0 Å². The fourth-order valence-electron chi connectivity index (χ4n) is 2.79. The first-order valence-electron chi connectivity index (χ1n) is 8.01. The van der Waals surface area contributed by atoms with Gasteiger partial charge in [-0.05, 0) is 38.5 Å². The number of aromatic amines is 1. The van der Waals surface area contributed by atoms with E-state index in [9.17, 15) is 9.59 Å². The number of hydrogen-bond acceptors (Lipinski definition) is 5. The second-order valence-electron chi connectivity index (χ2n) is 5.81. The minimum Gasteiger partial charge on any atom is -0.437 e. The van der Waals surface area contributed by atoms with Crippen molar-refractivity contribution < 1.29 is 14.3 Å². The van der Waals surface area contributed by atoms with Crippen molar-refractivity contribution in [2.24, 2.45) is 0 Å². The molecular weight excluding hydrogens is 332 g/mol. The molecule has 2 aromatic heterocycles. The predicted octanol–water partition coefficient (Wildman–Crippen LogP) is 3.67. The lowest BCUT2D eigenvalue weighted by atomic mass is 10.1. The molecule has 0 aliphatic carbocycles. The van der Waals surface area contributed by atoms with Crippen LogP contribution in [-0.4, -0.2) is 26.6 Å². The number of amides is 1. The third-order valence-corrected chi connectivity index (χ3v) is 3.87. The Morgan fingerprint density at radius 3 is 2.65 bits per heavy atom. The van der Waals surface area contributed by atoms with Crippen LogP contribution in [0.25, 0.3) is 0 Å². The molecule has 0 aliphatic rings. The third-order valence-electron chi connectivity index (χ3n) is 3.87. The number of benzene rings is 1. The number of carbonyl (C=O) groups is 2. The second-order valence-corrected chi connectivity index (χ2v) is 5.81. The van der Waals surface area contributed by atoms with E-state index in [1.54, 1.807) is 44.3 Å². The van der Waals surface area contributed by atoms with Gasteiger partial charge in [0.2, 0.25) is 5.88 Å². The molecule has 3 aromatic rings. The van der Waals surface area contributed by atoms with Crippen molar-refractivity contribution in [3.8, 4) is 11.6 Å². The summed E-state index contributed by atoms with van der Waals surface area (Å²) >= 11 is 0. The first kappa shape index (κ1) is 17.3. The maximum absolute atomic E-state index is 12.6. The van der Waals surface area contributed by atoms with Crippen LogP contribution >= 0.6 is 0 Å². The van der Waals surface area contributed by atoms with Gasteiger partial charge in [-0.3, -0.25) is 14.6 Å². The maximum Gasteiger partial charge on any atom is 0.272 e. The van der Waals surface area contributed by atoms with Crippen molar-refractivity contribution in [2.75, 3.05) is 5.32 Å². The largest absolute Gasteiger partial charge is 0.437 e. The van der Waals surface area contributed by atoms with Crippen LogP contribution in [0.15, 0.2) is 42.9 Å². The number of aromatic nitrogens is 3. The van der Waals surface area contributed by atoms with Gasteiger partial charge in [0, 0.05) is 35.4 Å². The fourth-order valence-corrected chi connectivity index (χ4v) is 2.79. The normalized spacial score (nSPS) is 10.4. The molecule has 1 aromatic carbocycles. The minimum atomic E-state index is -0.324. The van der Waals surface area contributed by atoms with E-state index in [1.807, 2.05) is 0 Å². The number of hydrogen-bond donors (Lipinski definition) is 2. The first-order chi connectivity index (χ1) is 12.5. The monoisotopic (exact) mass is 350 g/mol. The molecule has 0 fully saturated rings. The highest BCUT2D eigenvalue weighted by Crippen LogP contribution is 2.24. The van der Waals surface area contributed by atoms with Crippen molar-refractivity contribution in [2.45, 2.75) is 20.8 Å². The number of nitrogens with one attached hydrogen (secondary N) is 2. The molecule has 0 unspecified atom stereocenters. The zero-order valence-electron chi connectivity index (χ0n) is 14.7. The Balaban J connectivity index is 1.79. The summed E-state index contributed by atoms with van der Waals surface area (Å²) in [6.07, 6.45) is 4.59. The number of rotatable bonds is 5. The van der Waals surface area contributed by atoms with E-state index in [4.69, 9.17) is 4.74 Å². The predicted molar refractivity (Wildman–Crippen MR) is 96.8 cm³/mol. The van der Waals surface area contributed by atoms with Gasteiger partial charge >= 0.3 is 0 Å². The number of nitrogens with zero attached hydrogens (tertiary/aromatic N) is 2. The standard InChI is InChI=1S/C19H18N4O3/c1-11-17(13(3)24)12(2)22-18(11)19(25)23-14-5-4-6-15(9-14)26-16-10-20-7-8-21-16/h4-10,22H,1-3H3,(H,23,25). The van der Waals surface area contributed by atoms with Gasteiger partial charge in [-0.1, -0.05) is 6.07 Å². The number of aryl methyl sites for hydroxylation is 1. The number of ketones is 1. The zero-order valence-corrected chi connectivity index (χ0v) is 14.7. The van der Waals surface area contributed by atoms with E-state index < -0.39 is 0 Å². The van der Waals surface area contributed by atoms with E-state index in [-0.39, 0.29) is 11.7 Å². The average Bonchev–Trinajstić information content (AvgIpc) is 2.91. The lowest BCUT2D eigenvalue weighted by Gasteiger charge is -2.08. The number of carbonyl (C=O) groups excluding carboxylic acids is 2. The summed E-state index contributed by atoms with van der Waals surface area (Å²) in [5.74, 6) is 0.481. The van der Waals surface area contributed by atoms with Crippen molar-refractivity contribution in [3.63, 3.8) is 0 Å². The van der Waals surface area contributed by atoms with Gasteiger partial charge in [-0.15, -0.1) is 0 Å². The van der Waals surface area contributed by atoms with Gasteiger partial charge in [0.15, 0.2) is 5.78 Å². The van der Waals surface area contributed by atoms with E-state index in [0.717, 1.165) is 0 Å². The highest BCUT2D eigenvalue weighted by molar-refractivity contribution is 6.07. The number of ether oxygens (including phenoxy) is 1. The summed E-state index contributed by atoms with van der Waals surface area (Å²) in [6.45, 7) is 5.01. The minimum absolute atomic E-state index is 0.0744. The number of Topliss-reactive ketones (excluding diaryl/α,β-unsaturated/α-hetero) is 1. The quantitative estimate of drug-likeness (QED) is 0.684. The van der Waals surface area contributed by atoms with Gasteiger partial charge in [0.1, 0.15) is 11.4 Å².